The molecule has 0 bridgehead atoms. The largest absolute Gasteiger partial charge is 0.506 e. The lowest BCUT2D eigenvalue weighted by Crippen LogP contribution is -2.56. The number of aromatic hydroxyl groups is 1. The summed E-state index contributed by atoms with van der Waals surface area (Å²) in [7, 11) is 0. The predicted octanol–water partition coefficient (Wildman–Crippen LogP) is 2.65. The van der Waals surface area contributed by atoms with E-state index in [2.05, 4.69) is 50.6 Å². The average molecular weight is 450 g/mol. The molecule has 1 heterocycles. The van der Waals surface area contributed by atoms with Crippen LogP contribution in [-0.4, -0.2) is 53.4 Å². The maximum atomic E-state index is 10.7. The van der Waals surface area contributed by atoms with E-state index in [9.17, 15) is 10.2 Å². The van der Waals surface area contributed by atoms with Crippen molar-refractivity contribution < 1.29 is 10.2 Å². The Kier molecular flexibility index (Phi) is 4.88. The van der Waals surface area contributed by atoms with Crippen molar-refractivity contribution in [3.05, 3.63) is 57.2 Å². The second kappa shape index (κ2) is 7.13. The van der Waals surface area contributed by atoms with Gasteiger partial charge in [-0.05, 0) is 58.3 Å². The molecule has 1 saturated heterocycles. The van der Waals surface area contributed by atoms with Crippen LogP contribution in [0.15, 0.2) is 42.5 Å². The summed E-state index contributed by atoms with van der Waals surface area (Å²) in [4.78, 5) is 4.66. The number of aliphatic hydroxyl groups excluding tert-OH is 1. The first-order valence-electron chi connectivity index (χ1n) is 8.85. The second-order valence-electron chi connectivity index (χ2n) is 6.93. The van der Waals surface area contributed by atoms with E-state index in [0.29, 0.717) is 5.75 Å². The van der Waals surface area contributed by atoms with E-state index in [1.807, 2.05) is 18.2 Å². The van der Waals surface area contributed by atoms with Gasteiger partial charge in [0.2, 0.25) is 0 Å². The first-order chi connectivity index (χ1) is 12.1. The SMILES string of the molecule is Oc1ccccc1N1CCN(C2Cc3c(I)cccc3CC2O)CC1. The van der Waals surface area contributed by atoms with Gasteiger partial charge in [-0.2, -0.15) is 0 Å². The van der Waals surface area contributed by atoms with Crippen molar-refractivity contribution in [2.45, 2.75) is 25.0 Å². The lowest BCUT2D eigenvalue weighted by Gasteiger charge is -2.43. The van der Waals surface area contributed by atoms with Crippen molar-refractivity contribution in [2.75, 3.05) is 31.1 Å². The molecule has 2 aliphatic rings. The lowest BCUT2D eigenvalue weighted by atomic mass is 9.85. The molecule has 25 heavy (non-hydrogen) atoms. The summed E-state index contributed by atoms with van der Waals surface area (Å²) in [6.07, 6.45) is 1.37. The minimum Gasteiger partial charge on any atom is -0.506 e. The number of para-hydroxylation sites is 2. The van der Waals surface area contributed by atoms with Crippen molar-refractivity contribution in [1.29, 1.82) is 0 Å². The number of hydrogen-bond acceptors (Lipinski definition) is 4. The third-order valence-corrected chi connectivity index (χ3v) is 6.52. The van der Waals surface area contributed by atoms with E-state index in [0.717, 1.165) is 44.7 Å². The molecule has 0 spiro atoms. The summed E-state index contributed by atoms with van der Waals surface area (Å²) in [5, 5.41) is 20.8. The third kappa shape index (κ3) is 3.37. The molecule has 0 radical (unpaired) electrons. The molecule has 4 rings (SSSR count). The van der Waals surface area contributed by atoms with Gasteiger partial charge >= 0.3 is 0 Å². The summed E-state index contributed by atoms with van der Waals surface area (Å²) < 4.78 is 1.31. The zero-order chi connectivity index (χ0) is 17.4. The van der Waals surface area contributed by atoms with Crippen molar-refractivity contribution in [3.63, 3.8) is 0 Å². The molecule has 2 atom stereocenters. The summed E-state index contributed by atoms with van der Waals surface area (Å²) in [6, 6.07) is 14.1. The van der Waals surface area contributed by atoms with Crippen LogP contribution >= 0.6 is 22.6 Å². The molecule has 1 aliphatic carbocycles. The Hall–Kier alpha value is -1.31. The number of nitrogens with zero attached hydrogens (tertiary/aromatic N) is 2. The van der Waals surface area contributed by atoms with Gasteiger partial charge in [-0.3, -0.25) is 4.90 Å². The van der Waals surface area contributed by atoms with Crippen LogP contribution in [-0.2, 0) is 12.8 Å². The number of piperazine rings is 1. The number of benzene rings is 2. The van der Waals surface area contributed by atoms with Crippen LogP contribution in [0.2, 0.25) is 0 Å². The van der Waals surface area contributed by atoms with Gasteiger partial charge in [-0.15, -0.1) is 0 Å². The van der Waals surface area contributed by atoms with E-state index in [-0.39, 0.29) is 12.1 Å². The van der Waals surface area contributed by atoms with Crippen molar-refractivity contribution in [1.82, 2.24) is 4.90 Å². The van der Waals surface area contributed by atoms with E-state index in [4.69, 9.17) is 0 Å². The fraction of sp³-hybridized carbons (Fsp3) is 0.400. The second-order valence-corrected chi connectivity index (χ2v) is 8.09. The number of phenols is 1. The quantitative estimate of drug-likeness (QED) is 0.691. The van der Waals surface area contributed by atoms with Gasteiger partial charge in [-0.1, -0.05) is 24.3 Å². The van der Waals surface area contributed by atoms with Gasteiger partial charge < -0.3 is 15.1 Å². The van der Waals surface area contributed by atoms with Crippen LogP contribution in [0.5, 0.6) is 5.75 Å². The van der Waals surface area contributed by atoms with Crippen LogP contribution < -0.4 is 4.90 Å². The molecule has 2 unspecified atom stereocenters. The minimum atomic E-state index is -0.303. The normalized spacial score (nSPS) is 24.2. The number of halogens is 1. The van der Waals surface area contributed by atoms with Gasteiger partial charge in [0.05, 0.1) is 11.8 Å². The number of anilines is 1. The summed E-state index contributed by atoms with van der Waals surface area (Å²) >= 11 is 2.41. The van der Waals surface area contributed by atoms with Gasteiger partial charge in [0.15, 0.2) is 0 Å². The highest BCUT2D eigenvalue weighted by Crippen LogP contribution is 2.31. The number of phenolic OH excluding ortho intramolecular Hbond substituents is 1. The molecular formula is C20H23IN2O2. The highest BCUT2D eigenvalue weighted by atomic mass is 127. The highest BCUT2D eigenvalue weighted by molar-refractivity contribution is 14.1. The molecule has 0 saturated carbocycles. The van der Waals surface area contributed by atoms with Gasteiger partial charge in [-0.25, -0.2) is 0 Å². The topological polar surface area (TPSA) is 46.9 Å². The molecule has 2 aromatic rings. The van der Waals surface area contributed by atoms with Gasteiger partial charge in [0.1, 0.15) is 5.75 Å². The maximum Gasteiger partial charge on any atom is 0.138 e. The molecule has 2 N–H and O–H groups in total. The summed E-state index contributed by atoms with van der Waals surface area (Å²) in [6.45, 7) is 3.57. The molecule has 0 amide bonds. The molecule has 0 aromatic heterocycles. The van der Waals surface area contributed by atoms with Crippen LogP contribution in [0.4, 0.5) is 5.69 Å². The Labute approximate surface area is 162 Å². The van der Waals surface area contributed by atoms with Crippen LogP contribution in [0.1, 0.15) is 11.1 Å². The Balaban J connectivity index is 1.46. The van der Waals surface area contributed by atoms with Crippen LogP contribution in [0.25, 0.3) is 0 Å². The summed E-state index contributed by atoms with van der Waals surface area (Å²) in [5.41, 5.74) is 3.61. The number of hydrogen-bond donors (Lipinski definition) is 2. The fourth-order valence-corrected chi connectivity index (χ4v) is 4.90. The standard InChI is InChI=1S/C20H23IN2O2/c21-16-5-3-4-14-12-20(25)18(13-15(14)16)23-10-8-22(9-11-23)17-6-1-2-7-19(17)24/h1-7,18,20,24-25H,8-13H2. The zero-order valence-corrected chi connectivity index (χ0v) is 16.3. The molecule has 1 aliphatic heterocycles. The number of fused-ring (bicyclic) bond motifs is 1. The Morgan fingerprint density at radius 1 is 0.920 bits per heavy atom. The van der Waals surface area contributed by atoms with Gasteiger partial charge in [0, 0.05) is 42.2 Å². The van der Waals surface area contributed by atoms with E-state index in [1.54, 1.807) is 6.07 Å². The first kappa shape index (κ1) is 17.1. The first-order valence-corrected chi connectivity index (χ1v) is 9.92. The van der Waals surface area contributed by atoms with E-state index in [1.165, 1.54) is 14.7 Å². The van der Waals surface area contributed by atoms with Crippen molar-refractivity contribution in [3.8, 4) is 5.75 Å². The van der Waals surface area contributed by atoms with E-state index < -0.39 is 0 Å². The highest BCUT2D eigenvalue weighted by Gasteiger charge is 2.34. The Bertz CT molecular complexity index is 759. The maximum absolute atomic E-state index is 10.7. The van der Waals surface area contributed by atoms with E-state index >= 15 is 0 Å². The average Bonchev–Trinajstić information content (AvgIpc) is 2.62. The monoisotopic (exact) mass is 450 g/mol. The third-order valence-electron chi connectivity index (χ3n) is 5.51. The smallest absolute Gasteiger partial charge is 0.138 e. The predicted molar refractivity (Wildman–Crippen MR) is 108 cm³/mol. The number of aliphatic hydroxyl groups is 1. The molecule has 1 fully saturated rings. The fourth-order valence-electron chi connectivity index (χ4n) is 4.13. The van der Waals surface area contributed by atoms with Gasteiger partial charge in [0.25, 0.3) is 0 Å². The molecule has 5 heteroatoms. The molecule has 2 aromatic carbocycles. The minimum absolute atomic E-state index is 0.190. The molecule has 132 valence electrons. The van der Waals surface area contributed by atoms with Crippen molar-refractivity contribution in [2.24, 2.45) is 0 Å². The van der Waals surface area contributed by atoms with Crippen LogP contribution in [0, 0.1) is 3.57 Å². The zero-order valence-electron chi connectivity index (χ0n) is 14.1. The molecular weight excluding hydrogens is 427 g/mol. The Morgan fingerprint density at radius 2 is 1.68 bits per heavy atom. The lowest BCUT2D eigenvalue weighted by molar-refractivity contribution is 0.0393. The van der Waals surface area contributed by atoms with Crippen molar-refractivity contribution >= 4 is 28.3 Å². The Morgan fingerprint density at radius 3 is 2.44 bits per heavy atom. The number of rotatable bonds is 2. The summed E-state index contributed by atoms with van der Waals surface area (Å²) in [5.74, 6) is 0.345. The van der Waals surface area contributed by atoms with Crippen LogP contribution in [0.3, 0.4) is 0 Å². The molecule has 4 nitrogen and oxygen atoms in total.